The minimum Gasteiger partial charge on any atom is -0.284 e. The predicted octanol–water partition coefficient (Wildman–Crippen LogP) is 4.23. The van der Waals surface area contributed by atoms with Crippen LogP contribution >= 0.6 is 11.6 Å². The van der Waals surface area contributed by atoms with E-state index in [2.05, 4.69) is 16.6 Å². The molecule has 0 aliphatic heterocycles. The minimum absolute atomic E-state index is 0.692. The highest BCUT2D eigenvalue weighted by Gasteiger charge is 2.10. The van der Waals surface area contributed by atoms with Crippen LogP contribution in [0.4, 0.5) is 5.69 Å². The molecule has 20 heavy (non-hydrogen) atoms. The zero-order valence-electron chi connectivity index (χ0n) is 11.1. The maximum absolute atomic E-state index is 6.03. The zero-order valence-corrected chi connectivity index (χ0v) is 11.9. The van der Waals surface area contributed by atoms with Gasteiger partial charge in [-0.3, -0.25) is 14.7 Å². The molecule has 0 spiro atoms. The maximum atomic E-state index is 6.03. The van der Waals surface area contributed by atoms with E-state index >= 15 is 0 Å². The third kappa shape index (κ3) is 2.06. The molecule has 0 saturated carbocycles. The normalized spacial score (nSPS) is 10.7. The van der Waals surface area contributed by atoms with Crippen LogP contribution in [-0.2, 0) is 0 Å². The molecular formula is C16H14ClN3. The summed E-state index contributed by atoms with van der Waals surface area (Å²) in [7, 11) is 2.01. The third-order valence-electron chi connectivity index (χ3n) is 3.32. The molecule has 3 aromatic rings. The van der Waals surface area contributed by atoms with Crippen molar-refractivity contribution in [1.82, 2.24) is 9.66 Å². The van der Waals surface area contributed by atoms with E-state index in [-0.39, 0.29) is 0 Å². The number of hydrogen-bond donors (Lipinski definition) is 0. The lowest BCUT2D eigenvalue weighted by molar-refractivity contribution is 0.776. The summed E-state index contributed by atoms with van der Waals surface area (Å²) in [5, 5.41) is 3.82. The summed E-state index contributed by atoms with van der Waals surface area (Å²) < 4.78 is 2.04. The Kier molecular flexibility index (Phi) is 3.20. The highest BCUT2D eigenvalue weighted by Crippen LogP contribution is 2.27. The fourth-order valence-electron chi connectivity index (χ4n) is 2.32. The van der Waals surface area contributed by atoms with Gasteiger partial charge in [-0.1, -0.05) is 18.2 Å². The van der Waals surface area contributed by atoms with E-state index in [9.17, 15) is 0 Å². The molecule has 0 aliphatic rings. The van der Waals surface area contributed by atoms with Gasteiger partial charge in [-0.05, 0) is 42.5 Å². The van der Waals surface area contributed by atoms with Crippen molar-refractivity contribution in [2.45, 2.75) is 0 Å². The van der Waals surface area contributed by atoms with Gasteiger partial charge in [0.1, 0.15) is 0 Å². The molecule has 0 bridgehead atoms. The van der Waals surface area contributed by atoms with Crippen molar-refractivity contribution in [1.29, 1.82) is 0 Å². The average Bonchev–Trinajstić information content (AvgIpc) is 2.94. The van der Waals surface area contributed by atoms with Gasteiger partial charge in [0.15, 0.2) is 0 Å². The summed E-state index contributed by atoms with van der Waals surface area (Å²) in [6.45, 7) is 3.84. The molecule has 0 atom stereocenters. The van der Waals surface area contributed by atoms with Crippen LogP contribution in [0.5, 0.6) is 0 Å². The summed E-state index contributed by atoms with van der Waals surface area (Å²) in [5.41, 5.74) is 2.98. The first-order valence-electron chi connectivity index (χ1n) is 6.29. The van der Waals surface area contributed by atoms with Gasteiger partial charge in [0, 0.05) is 29.9 Å². The number of halogens is 1. The van der Waals surface area contributed by atoms with Crippen LogP contribution in [0.25, 0.3) is 17.0 Å². The van der Waals surface area contributed by atoms with E-state index in [4.69, 9.17) is 11.6 Å². The Morgan fingerprint density at radius 3 is 2.95 bits per heavy atom. The quantitative estimate of drug-likeness (QED) is 0.717. The van der Waals surface area contributed by atoms with E-state index in [1.54, 1.807) is 6.20 Å². The minimum atomic E-state index is 0.692. The van der Waals surface area contributed by atoms with Gasteiger partial charge in [0.2, 0.25) is 0 Å². The van der Waals surface area contributed by atoms with Crippen molar-refractivity contribution in [3.05, 3.63) is 66.1 Å². The fourth-order valence-corrected chi connectivity index (χ4v) is 2.49. The number of fused-ring (bicyclic) bond motifs is 1. The molecule has 0 radical (unpaired) electrons. The SMILES string of the molecule is C=Cc1cccn1N(C)c1ccnc2cc(Cl)ccc12. The second-order valence-electron chi connectivity index (χ2n) is 4.50. The Morgan fingerprint density at radius 2 is 2.15 bits per heavy atom. The van der Waals surface area contributed by atoms with Gasteiger partial charge in [-0.2, -0.15) is 0 Å². The number of pyridine rings is 1. The predicted molar refractivity (Wildman–Crippen MR) is 85.1 cm³/mol. The van der Waals surface area contributed by atoms with Crippen molar-refractivity contribution in [2.24, 2.45) is 0 Å². The summed E-state index contributed by atoms with van der Waals surface area (Å²) in [4.78, 5) is 4.37. The lowest BCUT2D eigenvalue weighted by atomic mass is 10.2. The molecule has 3 nitrogen and oxygen atoms in total. The number of aromatic nitrogens is 2. The number of hydrogen-bond acceptors (Lipinski definition) is 2. The van der Waals surface area contributed by atoms with Gasteiger partial charge in [0.25, 0.3) is 0 Å². The summed E-state index contributed by atoms with van der Waals surface area (Å²) in [5.74, 6) is 0. The first kappa shape index (κ1) is 12.8. The smallest absolute Gasteiger partial charge is 0.0738 e. The number of rotatable bonds is 3. The first-order chi connectivity index (χ1) is 9.70. The second kappa shape index (κ2) is 5.02. The highest BCUT2D eigenvalue weighted by molar-refractivity contribution is 6.31. The van der Waals surface area contributed by atoms with E-state index in [0.29, 0.717) is 5.02 Å². The Morgan fingerprint density at radius 1 is 1.30 bits per heavy atom. The lowest BCUT2D eigenvalue weighted by Crippen LogP contribution is -2.24. The molecule has 4 heteroatoms. The summed E-state index contributed by atoms with van der Waals surface area (Å²) in [6.07, 6.45) is 5.62. The van der Waals surface area contributed by atoms with E-state index in [1.165, 1.54) is 0 Å². The van der Waals surface area contributed by atoms with Crippen molar-refractivity contribution >= 4 is 34.3 Å². The molecular weight excluding hydrogens is 270 g/mol. The molecule has 0 amide bonds. The van der Waals surface area contributed by atoms with E-state index < -0.39 is 0 Å². The van der Waals surface area contributed by atoms with Crippen molar-refractivity contribution in [3.63, 3.8) is 0 Å². The van der Waals surface area contributed by atoms with Gasteiger partial charge < -0.3 is 0 Å². The molecule has 0 fully saturated rings. The van der Waals surface area contributed by atoms with Crippen LogP contribution in [-0.4, -0.2) is 16.7 Å². The first-order valence-corrected chi connectivity index (χ1v) is 6.66. The van der Waals surface area contributed by atoms with E-state index in [1.807, 2.05) is 60.4 Å². The fraction of sp³-hybridized carbons (Fsp3) is 0.0625. The highest BCUT2D eigenvalue weighted by atomic mass is 35.5. The number of anilines is 1. The van der Waals surface area contributed by atoms with Crippen molar-refractivity contribution in [3.8, 4) is 0 Å². The summed E-state index contributed by atoms with van der Waals surface area (Å²) in [6, 6.07) is 11.7. The second-order valence-corrected chi connectivity index (χ2v) is 4.93. The monoisotopic (exact) mass is 283 g/mol. The molecule has 0 aliphatic carbocycles. The maximum Gasteiger partial charge on any atom is 0.0738 e. The molecule has 100 valence electrons. The third-order valence-corrected chi connectivity index (χ3v) is 3.56. The molecule has 2 aromatic heterocycles. The van der Waals surface area contributed by atoms with Gasteiger partial charge in [-0.25, -0.2) is 0 Å². The zero-order chi connectivity index (χ0) is 14.1. The van der Waals surface area contributed by atoms with Crippen molar-refractivity contribution in [2.75, 3.05) is 12.1 Å². The van der Waals surface area contributed by atoms with Crippen molar-refractivity contribution < 1.29 is 0 Å². The Bertz CT molecular complexity index is 776. The molecule has 3 rings (SSSR count). The molecule has 2 heterocycles. The summed E-state index contributed by atoms with van der Waals surface area (Å²) >= 11 is 6.03. The van der Waals surface area contributed by atoms with Crippen LogP contribution in [0.1, 0.15) is 5.69 Å². The largest absolute Gasteiger partial charge is 0.284 e. The van der Waals surface area contributed by atoms with Gasteiger partial charge in [-0.15, -0.1) is 0 Å². The van der Waals surface area contributed by atoms with Crippen LogP contribution in [0.3, 0.4) is 0 Å². The standard InChI is InChI=1S/C16H14ClN3/c1-3-13-5-4-10-20(13)19(2)16-8-9-18-15-11-12(17)6-7-14(15)16/h3-11H,1H2,2H3. The Hall–Kier alpha value is -2.26. The Labute approximate surface area is 122 Å². The lowest BCUT2D eigenvalue weighted by Gasteiger charge is -2.24. The topological polar surface area (TPSA) is 21.1 Å². The van der Waals surface area contributed by atoms with Crippen LogP contribution in [0.2, 0.25) is 5.02 Å². The van der Waals surface area contributed by atoms with Gasteiger partial charge in [0.05, 0.1) is 16.9 Å². The van der Waals surface area contributed by atoms with Crippen LogP contribution < -0.4 is 5.01 Å². The Balaban J connectivity index is 2.17. The van der Waals surface area contributed by atoms with Gasteiger partial charge >= 0.3 is 0 Å². The number of nitrogens with zero attached hydrogens (tertiary/aromatic N) is 3. The molecule has 0 N–H and O–H groups in total. The molecule has 0 unspecified atom stereocenters. The van der Waals surface area contributed by atoms with Crippen LogP contribution in [0.15, 0.2) is 55.4 Å². The van der Waals surface area contributed by atoms with Crippen LogP contribution in [0, 0.1) is 0 Å². The molecule has 0 saturated heterocycles. The average molecular weight is 284 g/mol. The van der Waals surface area contributed by atoms with E-state index in [0.717, 1.165) is 22.3 Å². The molecule has 1 aromatic carbocycles. The number of benzene rings is 1.